The molecule has 3 amide bonds. The first kappa shape index (κ1) is 20.9. The summed E-state index contributed by atoms with van der Waals surface area (Å²) in [5.41, 5.74) is 2.72. The first-order valence-electron chi connectivity index (χ1n) is 10.1. The zero-order valence-corrected chi connectivity index (χ0v) is 17.1. The molecule has 1 heterocycles. The van der Waals surface area contributed by atoms with Crippen LogP contribution in [0.1, 0.15) is 25.0 Å². The average Bonchev–Trinajstić information content (AvgIpc) is 2.73. The van der Waals surface area contributed by atoms with Gasteiger partial charge in [-0.25, -0.2) is 4.79 Å². The molecule has 1 saturated heterocycles. The van der Waals surface area contributed by atoms with Crippen molar-refractivity contribution in [2.24, 2.45) is 0 Å². The Balaban J connectivity index is 1.78. The summed E-state index contributed by atoms with van der Waals surface area (Å²) in [6.07, 6.45) is 0.318. The summed E-state index contributed by atoms with van der Waals surface area (Å²) in [5, 5.41) is 2.97. The smallest absolute Gasteiger partial charge is 0.322 e. The molecule has 0 spiro atoms. The number of hydrogen-bond donors (Lipinski definition) is 1. The summed E-state index contributed by atoms with van der Waals surface area (Å²) in [4.78, 5) is 29.0. The number of carbonyl (C=O) groups is 2. The monoisotopic (exact) mass is 395 g/mol. The Hall–Kier alpha value is -2.86. The minimum absolute atomic E-state index is 0.0341. The molecular weight excluding hydrogens is 366 g/mol. The lowest BCUT2D eigenvalue weighted by molar-refractivity contribution is -0.134. The number of nitrogens with zero attached hydrogens (tertiary/aromatic N) is 2. The van der Waals surface area contributed by atoms with Crippen LogP contribution in [-0.2, 0) is 22.5 Å². The highest BCUT2D eigenvalue weighted by Gasteiger charge is 2.20. The van der Waals surface area contributed by atoms with Crippen molar-refractivity contribution in [1.82, 2.24) is 10.2 Å². The van der Waals surface area contributed by atoms with Crippen molar-refractivity contribution >= 4 is 17.6 Å². The van der Waals surface area contributed by atoms with Crippen LogP contribution in [0.25, 0.3) is 0 Å². The van der Waals surface area contributed by atoms with Gasteiger partial charge in [0, 0.05) is 24.8 Å². The van der Waals surface area contributed by atoms with Crippen LogP contribution in [0.5, 0.6) is 0 Å². The Labute approximate surface area is 172 Å². The van der Waals surface area contributed by atoms with Gasteiger partial charge in [0.2, 0.25) is 5.91 Å². The summed E-state index contributed by atoms with van der Waals surface area (Å²) < 4.78 is 5.32. The Kier molecular flexibility index (Phi) is 7.25. The van der Waals surface area contributed by atoms with Gasteiger partial charge in [0.25, 0.3) is 0 Å². The second-order valence-electron chi connectivity index (χ2n) is 7.52. The average molecular weight is 396 g/mol. The van der Waals surface area contributed by atoms with E-state index >= 15 is 0 Å². The summed E-state index contributed by atoms with van der Waals surface area (Å²) in [7, 11) is 0. The number of morpholine rings is 1. The quantitative estimate of drug-likeness (QED) is 0.817. The predicted octanol–water partition coefficient (Wildman–Crippen LogP) is 3.21. The van der Waals surface area contributed by atoms with Crippen LogP contribution in [0.3, 0.4) is 0 Å². The minimum Gasteiger partial charge on any atom is -0.378 e. The molecule has 1 fully saturated rings. The van der Waals surface area contributed by atoms with E-state index in [0.717, 1.165) is 16.8 Å². The Bertz CT molecular complexity index is 817. The molecule has 0 radical (unpaired) electrons. The molecule has 0 aliphatic carbocycles. The third-order valence-corrected chi connectivity index (χ3v) is 4.78. The number of benzene rings is 2. The van der Waals surface area contributed by atoms with E-state index in [2.05, 4.69) is 5.32 Å². The third-order valence-electron chi connectivity index (χ3n) is 4.78. The molecule has 29 heavy (non-hydrogen) atoms. The van der Waals surface area contributed by atoms with Crippen LogP contribution >= 0.6 is 0 Å². The topological polar surface area (TPSA) is 61.9 Å². The van der Waals surface area contributed by atoms with Crippen molar-refractivity contribution < 1.29 is 14.3 Å². The summed E-state index contributed by atoms with van der Waals surface area (Å²) in [6, 6.07) is 17.4. The Morgan fingerprint density at radius 2 is 1.72 bits per heavy atom. The van der Waals surface area contributed by atoms with Gasteiger partial charge in [-0.15, -0.1) is 0 Å². The molecule has 2 aromatic carbocycles. The van der Waals surface area contributed by atoms with Crippen molar-refractivity contribution in [1.29, 1.82) is 0 Å². The highest BCUT2D eigenvalue weighted by Crippen LogP contribution is 2.20. The van der Waals surface area contributed by atoms with E-state index in [-0.39, 0.29) is 18.0 Å². The van der Waals surface area contributed by atoms with E-state index in [4.69, 9.17) is 4.74 Å². The first-order chi connectivity index (χ1) is 14.0. The maximum atomic E-state index is 12.9. The van der Waals surface area contributed by atoms with E-state index in [0.29, 0.717) is 39.3 Å². The molecule has 6 nitrogen and oxygen atoms in total. The number of anilines is 1. The number of hydrogen-bond acceptors (Lipinski definition) is 3. The molecule has 0 saturated carbocycles. The number of carbonyl (C=O) groups excluding carboxylic acids is 2. The van der Waals surface area contributed by atoms with E-state index in [9.17, 15) is 9.59 Å². The molecule has 154 valence electrons. The number of urea groups is 1. The summed E-state index contributed by atoms with van der Waals surface area (Å²) in [5.74, 6) is 0.0895. The Morgan fingerprint density at radius 3 is 2.41 bits per heavy atom. The van der Waals surface area contributed by atoms with Crippen LogP contribution in [0.4, 0.5) is 10.5 Å². The minimum atomic E-state index is -0.152. The van der Waals surface area contributed by atoms with Gasteiger partial charge >= 0.3 is 6.03 Å². The standard InChI is InChI=1S/C23H29N3O3/c1-18(2)24-23(28)26(17-19-7-4-3-5-8-19)21-10-6-9-20(15-21)16-22(27)25-11-13-29-14-12-25/h3-10,15,18H,11-14,16-17H2,1-2H3,(H,24,28). The molecule has 1 aliphatic rings. The lowest BCUT2D eigenvalue weighted by Crippen LogP contribution is -2.43. The zero-order valence-electron chi connectivity index (χ0n) is 17.1. The fraction of sp³-hybridized carbons (Fsp3) is 0.391. The fourth-order valence-electron chi connectivity index (χ4n) is 3.30. The van der Waals surface area contributed by atoms with Gasteiger partial charge in [0.05, 0.1) is 26.2 Å². The van der Waals surface area contributed by atoms with E-state index in [1.807, 2.05) is 73.3 Å². The van der Waals surface area contributed by atoms with Crippen molar-refractivity contribution in [3.05, 3.63) is 65.7 Å². The molecule has 6 heteroatoms. The van der Waals surface area contributed by atoms with Gasteiger partial charge < -0.3 is 15.0 Å². The largest absolute Gasteiger partial charge is 0.378 e. The second kappa shape index (κ2) is 10.1. The second-order valence-corrected chi connectivity index (χ2v) is 7.52. The highest BCUT2D eigenvalue weighted by atomic mass is 16.5. The van der Waals surface area contributed by atoms with Crippen molar-refractivity contribution in [2.75, 3.05) is 31.2 Å². The predicted molar refractivity (Wildman–Crippen MR) is 114 cm³/mol. The van der Waals surface area contributed by atoms with Crippen molar-refractivity contribution in [3.63, 3.8) is 0 Å². The zero-order chi connectivity index (χ0) is 20.6. The normalized spacial score (nSPS) is 14.0. The van der Waals surface area contributed by atoms with Crippen molar-refractivity contribution in [2.45, 2.75) is 32.9 Å². The van der Waals surface area contributed by atoms with Crippen LogP contribution in [0.2, 0.25) is 0 Å². The number of ether oxygens (including phenoxy) is 1. The van der Waals surface area contributed by atoms with Crippen LogP contribution < -0.4 is 10.2 Å². The van der Waals surface area contributed by atoms with Gasteiger partial charge in [-0.05, 0) is 37.1 Å². The molecule has 1 aliphatic heterocycles. The van der Waals surface area contributed by atoms with E-state index in [1.54, 1.807) is 4.90 Å². The number of nitrogens with one attached hydrogen (secondary N) is 1. The lowest BCUT2D eigenvalue weighted by atomic mass is 10.1. The van der Waals surface area contributed by atoms with Crippen molar-refractivity contribution in [3.8, 4) is 0 Å². The molecule has 2 aromatic rings. The number of rotatable bonds is 6. The first-order valence-corrected chi connectivity index (χ1v) is 10.1. The SMILES string of the molecule is CC(C)NC(=O)N(Cc1ccccc1)c1cccc(CC(=O)N2CCOCC2)c1. The molecule has 0 aromatic heterocycles. The van der Waals surface area contributed by atoms with Crippen LogP contribution in [0.15, 0.2) is 54.6 Å². The van der Waals surface area contributed by atoms with Gasteiger partial charge in [-0.1, -0.05) is 42.5 Å². The van der Waals surface area contributed by atoms with Gasteiger partial charge in [0.15, 0.2) is 0 Å². The van der Waals surface area contributed by atoms with Crippen LogP contribution in [0, 0.1) is 0 Å². The van der Waals surface area contributed by atoms with E-state index < -0.39 is 0 Å². The molecule has 3 rings (SSSR count). The molecule has 0 atom stereocenters. The van der Waals surface area contributed by atoms with Crippen LogP contribution in [-0.4, -0.2) is 49.2 Å². The Morgan fingerprint density at radius 1 is 1.03 bits per heavy atom. The molecular formula is C23H29N3O3. The maximum absolute atomic E-state index is 12.9. The maximum Gasteiger partial charge on any atom is 0.322 e. The van der Waals surface area contributed by atoms with Gasteiger partial charge in [-0.2, -0.15) is 0 Å². The lowest BCUT2D eigenvalue weighted by Gasteiger charge is -2.27. The molecule has 1 N–H and O–H groups in total. The molecule has 0 unspecified atom stereocenters. The third kappa shape index (κ3) is 6.06. The highest BCUT2D eigenvalue weighted by molar-refractivity contribution is 5.92. The van der Waals surface area contributed by atoms with Gasteiger partial charge in [0.1, 0.15) is 0 Å². The summed E-state index contributed by atoms with van der Waals surface area (Å²) in [6.45, 7) is 6.79. The number of amides is 3. The van der Waals surface area contributed by atoms with E-state index in [1.165, 1.54) is 0 Å². The fourth-order valence-corrected chi connectivity index (χ4v) is 3.30. The summed E-state index contributed by atoms with van der Waals surface area (Å²) >= 11 is 0. The van der Waals surface area contributed by atoms with Gasteiger partial charge in [-0.3, -0.25) is 9.69 Å². The molecule has 0 bridgehead atoms.